The third-order valence-corrected chi connectivity index (χ3v) is 8.60. The number of hydrogen-bond acceptors (Lipinski definition) is 4. The number of benzene rings is 2. The fourth-order valence-corrected chi connectivity index (χ4v) is 7.58. The molecule has 4 aliphatic carbocycles. The van der Waals surface area contributed by atoms with Gasteiger partial charge in [0.2, 0.25) is 5.91 Å². The van der Waals surface area contributed by atoms with E-state index in [1.807, 2.05) is 49.4 Å². The SMILES string of the molecule is Cc1ccc(-c2cc3ccccc3oc2=O)cc1NC(=S)NC(=O)CC12CC3CC(CC(C3)C1)C2. The smallest absolute Gasteiger partial charge is 0.344 e. The topological polar surface area (TPSA) is 71.3 Å². The molecule has 2 N–H and O–H groups in total. The second-order valence-electron chi connectivity index (χ2n) is 11.1. The molecule has 0 unspecified atom stereocenters. The second-order valence-corrected chi connectivity index (χ2v) is 11.5. The molecular formula is C29H30N2O3S. The van der Waals surface area contributed by atoms with Crippen molar-refractivity contribution in [1.82, 2.24) is 5.32 Å². The predicted molar refractivity (Wildman–Crippen MR) is 142 cm³/mol. The van der Waals surface area contributed by atoms with Gasteiger partial charge in [0.15, 0.2) is 5.11 Å². The lowest BCUT2D eigenvalue weighted by atomic mass is 9.49. The van der Waals surface area contributed by atoms with Gasteiger partial charge in [0.05, 0.1) is 5.56 Å². The summed E-state index contributed by atoms with van der Waals surface area (Å²) in [6.45, 7) is 1.97. The molecule has 4 saturated carbocycles. The summed E-state index contributed by atoms with van der Waals surface area (Å²) in [6.07, 6.45) is 8.26. The first kappa shape index (κ1) is 22.5. The van der Waals surface area contributed by atoms with Gasteiger partial charge in [-0.3, -0.25) is 4.79 Å². The van der Waals surface area contributed by atoms with Crippen LogP contribution in [-0.2, 0) is 4.79 Å². The Kier molecular flexibility index (Phi) is 5.52. The zero-order chi connectivity index (χ0) is 24.2. The molecule has 1 aromatic heterocycles. The van der Waals surface area contributed by atoms with Gasteiger partial charge in [-0.05, 0) is 110 Å². The molecule has 3 aromatic rings. The van der Waals surface area contributed by atoms with Gasteiger partial charge < -0.3 is 15.1 Å². The van der Waals surface area contributed by atoms with Gasteiger partial charge in [-0.15, -0.1) is 0 Å². The van der Waals surface area contributed by atoms with Crippen LogP contribution in [0.5, 0.6) is 0 Å². The van der Waals surface area contributed by atoms with Crippen LogP contribution in [0.4, 0.5) is 5.69 Å². The lowest BCUT2D eigenvalue weighted by molar-refractivity contribution is -0.127. The molecule has 0 atom stereocenters. The van der Waals surface area contributed by atoms with Gasteiger partial charge in [-0.25, -0.2) is 4.79 Å². The standard InChI is InChI=1S/C29H30N2O3S/c1-17-6-7-21(23-11-22-4-2-3-5-25(22)34-27(23)33)12-24(17)30-28(35)31-26(32)16-29-13-18-8-19(14-29)10-20(9-18)15-29/h2-7,11-12,18-20H,8-10,13-16H2,1H3,(H2,30,31,32,35). The van der Waals surface area contributed by atoms with Gasteiger partial charge in [0, 0.05) is 17.5 Å². The lowest BCUT2D eigenvalue weighted by Gasteiger charge is -2.56. The number of anilines is 1. The van der Waals surface area contributed by atoms with Crippen molar-refractivity contribution in [2.45, 2.75) is 51.9 Å². The maximum Gasteiger partial charge on any atom is 0.344 e. The number of hydrogen-bond donors (Lipinski definition) is 2. The predicted octanol–water partition coefficient (Wildman–Crippen LogP) is 6.19. The van der Waals surface area contributed by atoms with Crippen molar-refractivity contribution in [3.63, 3.8) is 0 Å². The monoisotopic (exact) mass is 486 g/mol. The van der Waals surface area contributed by atoms with Crippen LogP contribution >= 0.6 is 12.2 Å². The van der Waals surface area contributed by atoms with Gasteiger partial charge >= 0.3 is 5.63 Å². The highest BCUT2D eigenvalue weighted by Gasteiger charge is 2.51. The van der Waals surface area contributed by atoms with Gasteiger partial charge in [0.1, 0.15) is 5.58 Å². The summed E-state index contributed by atoms with van der Waals surface area (Å²) in [5.41, 5.74) is 3.31. The highest BCUT2D eigenvalue weighted by atomic mass is 32.1. The van der Waals surface area contributed by atoms with Gasteiger partial charge in [-0.1, -0.05) is 30.3 Å². The van der Waals surface area contributed by atoms with E-state index in [0.29, 0.717) is 22.7 Å². The van der Waals surface area contributed by atoms with Crippen LogP contribution < -0.4 is 16.3 Å². The van der Waals surface area contributed by atoms with E-state index in [4.69, 9.17) is 16.6 Å². The maximum atomic E-state index is 13.0. The minimum Gasteiger partial charge on any atom is -0.422 e. The molecule has 1 heterocycles. The largest absolute Gasteiger partial charge is 0.422 e. The number of para-hydroxylation sites is 1. The van der Waals surface area contributed by atoms with Gasteiger partial charge in [0.25, 0.3) is 0 Å². The number of carbonyl (C=O) groups excluding carboxylic acids is 1. The highest BCUT2D eigenvalue weighted by Crippen LogP contribution is 2.61. The number of rotatable bonds is 4. The number of carbonyl (C=O) groups is 1. The molecule has 0 spiro atoms. The van der Waals surface area contributed by atoms with Crippen molar-refractivity contribution in [1.29, 1.82) is 0 Å². The highest BCUT2D eigenvalue weighted by molar-refractivity contribution is 7.80. The molecule has 7 rings (SSSR count). The minimum absolute atomic E-state index is 0.00781. The molecule has 0 aliphatic heterocycles. The molecule has 4 aliphatic rings. The van der Waals surface area contributed by atoms with Crippen LogP contribution in [0.1, 0.15) is 50.5 Å². The Balaban J connectivity index is 1.16. The van der Waals surface area contributed by atoms with Crippen LogP contribution in [0.2, 0.25) is 0 Å². The average Bonchev–Trinajstić information content (AvgIpc) is 2.78. The van der Waals surface area contributed by atoms with Crippen LogP contribution in [0.3, 0.4) is 0 Å². The first-order valence-corrected chi connectivity index (χ1v) is 13.0. The molecule has 4 bridgehead atoms. The van der Waals surface area contributed by atoms with E-state index in [1.54, 1.807) is 6.07 Å². The normalized spacial score (nSPS) is 26.6. The van der Waals surface area contributed by atoms with E-state index in [-0.39, 0.29) is 16.9 Å². The summed E-state index contributed by atoms with van der Waals surface area (Å²) >= 11 is 5.51. The quantitative estimate of drug-likeness (QED) is 0.340. The number of nitrogens with one attached hydrogen (secondary N) is 2. The number of fused-ring (bicyclic) bond motifs is 1. The van der Waals surface area contributed by atoms with E-state index in [0.717, 1.165) is 40.0 Å². The molecular weight excluding hydrogens is 456 g/mol. The molecule has 4 fully saturated rings. The van der Waals surface area contributed by atoms with Crippen molar-refractivity contribution < 1.29 is 9.21 Å². The second kappa shape index (κ2) is 8.59. The Morgan fingerprint density at radius 3 is 2.43 bits per heavy atom. The Morgan fingerprint density at radius 1 is 1.03 bits per heavy atom. The molecule has 2 aromatic carbocycles. The summed E-state index contributed by atoms with van der Waals surface area (Å²) in [5.74, 6) is 2.46. The van der Waals surface area contributed by atoms with Crippen LogP contribution in [0.25, 0.3) is 22.1 Å². The van der Waals surface area contributed by atoms with Crippen LogP contribution in [0, 0.1) is 30.1 Å². The zero-order valence-corrected chi connectivity index (χ0v) is 20.8. The number of aryl methyl sites for hydroxylation is 1. The van der Waals surface area contributed by atoms with Crippen molar-refractivity contribution in [3.8, 4) is 11.1 Å². The summed E-state index contributed by atoms with van der Waals surface area (Å²) < 4.78 is 5.51. The summed E-state index contributed by atoms with van der Waals surface area (Å²) in [4.78, 5) is 25.6. The van der Waals surface area contributed by atoms with E-state index >= 15 is 0 Å². The minimum atomic E-state index is -0.384. The summed E-state index contributed by atoms with van der Waals surface area (Å²) in [5, 5.41) is 7.27. The van der Waals surface area contributed by atoms with E-state index < -0.39 is 0 Å². The molecule has 0 saturated heterocycles. The molecule has 6 heteroatoms. The Morgan fingerprint density at radius 2 is 1.71 bits per heavy atom. The Bertz CT molecular complexity index is 1360. The van der Waals surface area contributed by atoms with Gasteiger partial charge in [-0.2, -0.15) is 0 Å². The fraction of sp³-hybridized carbons (Fsp3) is 0.414. The Hall–Kier alpha value is -2.99. The lowest BCUT2D eigenvalue weighted by Crippen LogP contribution is -2.48. The summed E-state index contributed by atoms with van der Waals surface area (Å²) in [6, 6.07) is 15.0. The van der Waals surface area contributed by atoms with Crippen molar-refractivity contribution >= 4 is 39.9 Å². The third-order valence-electron chi connectivity index (χ3n) is 8.39. The first-order valence-electron chi connectivity index (χ1n) is 12.6. The fourth-order valence-electron chi connectivity index (χ4n) is 7.36. The van der Waals surface area contributed by atoms with Crippen molar-refractivity contribution in [2.75, 3.05) is 5.32 Å². The van der Waals surface area contributed by atoms with E-state index in [2.05, 4.69) is 10.6 Å². The first-order chi connectivity index (χ1) is 16.9. The van der Waals surface area contributed by atoms with E-state index in [1.165, 1.54) is 38.5 Å². The number of amides is 1. The molecule has 1 amide bonds. The maximum absolute atomic E-state index is 13.0. The molecule has 5 nitrogen and oxygen atoms in total. The third kappa shape index (κ3) is 4.40. The van der Waals surface area contributed by atoms with Crippen molar-refractivity contribution in [3.05, 3.63) is 64.5 Å². The molecule has 180 valence electrons. The summed E-state index contributed by atoms with van der Waals surface area (Å²) in [7, 11) is 0. The number of thiocarbonyl (C=S) groups is 1. The van der Waals surface area contributed by atoms with Crippen LogP contribution in [0.15, 0.2) is 57.7 Å². The Labute approximate surface area is 210 Å². The molecule has 0 radical (unpaired) electrons. The average molecular weight is 487 g/mol. The van der Waals surface area contributed by atoms with Crippen molar-refractivity contribution in [2.24, 2.45) is 23.2 Å². The zero-order valence-electron chi connectivity index (χ0n) is 19.9. The van der Waals surface area contributed by atoms with Crippen LogP contribution in [-0.4, -0.2) is 11.0 Å². The van der Waals surface area contributed by atoms with E-state index in [9.17, 15) is 9.59 Å². The molecule has 35 heavy (non-hydrogen) atoms.